The SMILES string of the molecule is Fc1nn(-c2ccccc2)c2nc(-c3ccccc3)nc(Br)c12. The predicted molar refractivity (Wildman–Crippen MR) is 89.8 cm³/mol. The van der Waals surface area contributed by atoms with Gasteiger partial charge in [0.2, 0.25) is 5.95 Å². The molecule has 0 aliphatic heterocycles. The van der Waals surface area contributed by atoms with Crippen molar-refractivity contribution in [1.82, 2.24) is 19.7 Å². The number of benzene rings is 2. The fraction of sp³-hybridized carbons (Fsp3) is 0. The summed E-state index contributed by atoms with van der Waals surface area (Å²) < 4.78 is 16.1. The molecule has 0 fully saturated rings. The van der Waals surface area contributed by atoms with Gasteiger partial charge < -0.3 is 0 Å². The third-order valence-corrected chi connectivity index (χ3v) is 4.05. The van der Waals surface area contributed by atoms with Crippen molar-refractivity contribution >= 4 is 27.0 Å². The molecule has 0 N–H and O–H groups in total. The lowest BCUT2D eigenvalue weighted by atomic mass is 10.2. The second-order valence-corrected chi connectivity index (χ2v) is 5.69. The Balaban J connectivity index is 2.01. The number of para-hydroxylation sites is 1. The fourth-order valence-corrected chi connectivity index (χ4v) is 2.91. The van der Waals surface area contributed by atoms with E-state index in [1.54, 1.807) is 0 Å². The first kappa shape index (κ1) is 14.0. The molecule has 0 aliphatic rings. The lowest BCUT2D eigenvalue weighted by Crippen LogP contribution is -1.99. The maximum Gasteiger partial charge on any atom is 0.245 e. The van der Waals surface area contributed by atoms with Crippen LogP contribution < -0.4 is 0 Å². The van der Waals surface area contributed by atoms with Gasteiger partial charge in [0.25, 0.3) is 0 Å². The van der Waals surface area contributed by atoms with Gasteiger partial charge in [-0.25, -0.2) is 14.6 Å². The van der Waals surface area contributed by atoms with Crippen LogP contribution in [0, 0.1) is 5.95 Å². The zero-order valence-corrected chi connectivity index (χ0v) is 13.4. The molecule has 6 heteroatoms. The molecule has 2 aromatic carbocycles. The minimum atomic E-state index is -0.602. The first-order valence-corrected chi connectivity index (χ1v) is 7.76. The molecule has 0 saturated heterocycles. The molecule has 4 rings (SSSR count). The van der Waals surface area contributed by atoms with E-state index in [1.807, 2.05) is 60.7 Å². The molecule has 23 heavy (non-hydrogen) atoms. The number of nitrogens with zero attached hydrogens (tertiary/aromatic N) is 4. The van der Waals surface area contributed by atoms with E-state index < -0.39 is 5.95 Å². The predicted octanol–water partition coefficient (Wildman–Crippen LogP) is 4.38. The summed E-state index contributed by atoms with van der Waals surface area (Å²) in [5, 5.41) is 4.24. The average molecular weight is 369 g/mol. The van der Waals surface area contributed by atoms with Crippen LogP contribution in [-0.2, 0) is 0 Å². The highest BCUT2D eigenvalue weighted by Crippen LogP contribution is 2.28. The molecular formula is C17H10BrFN4. The van der Waals surface area contributed by atoms with Gasteiger partial charge in [-0.15, -0.1) is 5.10 Å². The molecule has 0 atom stereocenters. The molecule has 4 aromatic rings. The highest BCUT2D eigenvalue weighted by atomic mass is 79.9. The van der Waals surface area contributed by atoms with E-state index >= 15 is 0 Å². The Morgan fingerprint density at radius 3 is 2.22 bits per heavy atom. The largest absolute Gasteiger partial charge is 0.245 e. The maximum absolute atomic E-state index is 14.2. The summed E-state index contributed by atoms with van der Waals surface area (Å²) in [6.07, 6.45) is 0. The molecule has 0 saturated carbocycles. The Bertz CT molecular complexity index is 984. The molecule has 2 heterocycles. The van der Waals surface area contributed by atoms with Gasteiger partial charge in [0.1, 0.15) is 9.99 Å². The summed E-state index contributed by atoms with van der Waals surface area (Å²) in [5.74, 6) is -0.0857. The molecule has 0 radical (unpaired) electrons. The summed E-state index contributed by atoms with van der Waals surface area (Å²) in [5.41, 5.74) is 2.02. The summed E-state index contributed by atoms with van der Waals surface area (Å²) in [7, 11) is 0. The number of halogens is 2. The minimum absolute atomic E-state index is 0.272. The summed E-state index contributed by atoms with van der Waals surface area (Å²) in [6, 6.07) is 18.9. The zero-order chi connectivity index (χ0) is 15.8. The maximum atomic E-state index is 14.2. The van der Waals surface area contributed by atoms with E-state index in [0.717, 1.165) is 11.3 Å². The van der Waals surface area contributed by atoms with Crippen LogP contribution in [-0.4, -0.2) is 19.7 Å². The standard InChI is InChI=1S/C17H10BrFN4/c18-14-13-15(19)22-23(12-9-5-2-6-10-12)17(13)21-16(20-14)11-7-3-1-4-8-11/h1-10H. The first-order chi connectivity index (χ1) is 11.2. The first-order valence-electron chi connectivity index (χ1n) is 6.96. The highest BCUT2D eigenvalue weighted by molar-refractivity contribution is 9.10. The van der Waals surface area contributed by atoms with Gasteiger partial charge in [-0.1, -0.05) is 48.5 Å². The van der Waals surface area contributed by atoms with Gasteiger partial charge in [0, 0.05) is 5.56 Å². The quantitative estimate of drug-likeness (QED) is 0.493. The topological polar surface area (TPSA) is 43.6 Å². The van der Waals surface area contributed by atoms with Gasteiger partial charge in [-0.05, 0) is 28.1 Å². The molecule has 0 unspecified atom stereocenters. The third kappa shape index (κ3) is 2.41. The second-order valence-electron chi connectivity index (χ2n) is 4.94. The molecule has 4 nitrogen and oxygen atoms in total. The molecule has 0 amide bonds. The summed E-state index contributed by atoms with van der Waals surface area (Å²) in [4.78, 5) is 8.87. The van der Waals surface area contributed by atoms with Crippen LogP contribution in [0.5, 0.6) is 0 Å². The summed E-state index contributed by atoms with van der Waals surface area (Å²) >= 11 is 3.34. The van der Waals surface area contributed by atoms with Crippen LogP contribution in [0.3, 0.4) is 0 Å². The lowest BCUT2D eigenvalue weighted by Gasteiger charge is -2.05. The van der Waals surface area contributed by atoms with Gasteiger partial charge in [-0.3, -0.25) is 0 Å². The van der Waals surface area contributed by atoms with Crippen molar-refractivity contribution in [2.24, 2.45) is 0 Å². The molecule has 112 valence electrons. The fourth-order valence-electron chi connectivity index (χ4n) is 2.40. The Morgan fingerprint density at radius 2 is 1.52 bits per heavy atom. The molecule has 0 spiro atoms. The van der Waals surface area contributed by atoms with Crippen LogP contribution in [0.15, 0.2) is 65.3 Å². The number of hydrogen-bond acceptors (Lipinski definition) is 3. The number of hydrogen-bond donors (Lipinski definition) is 0. The van der Waals surface area contributed by atoms with Crippen molar-refractivity contribution < 1.29 is 4.39 Å². The molecular weight excluding hydrogens is 359 g/mol. The van der Waals surface area contributed by atoms with Gasteiger partial charge >= 0.3 is 0 Å². The summed E-state index contributed by atoms with van der Waals surface area (Å²) in [6.45, 7) is 0. The smallest absolute Gasteiger partial charge is 0.220 e. The average Bonchev–Trinajstić information content (AvgIpc) is 2.94. The van der Waals surface area contributed by atoms with E-state index in [1.165, 1.54) is 4.68 Å². The van der Waals surface area contributed by atoms with Crippen LogP contribution >= 0.6 is 15.9 Å². The highest BCUT2D eigenvalue weighted by Gasteiger charge is 2.18. The van der Waals surface area contributed by atoms with Crippen LogP contribution in [0.25, 0.3) is 28.1 Å². The van der Waals surface area contributed by atoms with Gasteiger partial charge in [0.15, 0.2) is 11.5 Å². The van der Waals surface area contributed by atoms with Crippen molar-refractivity contribution in [3.05, 3.63) is 71.2 Å². The Hall–Kier alpha value is -2.60. The van der Waals surface area contributed by atoms with E-state index in [2.05, 4.69) is 31.0 Å². The third-order valence-electron chi connectivity index (χ3n) is 3.47. The number of rotatable bonds is 2. The zero-order valence-electron chi connectivity index (χ0n) is 11.8. The Kier molecular flexibility index (Phi) is 3.38. The van der Waals surface area contributed by atoms with E-state index in [9.17, 15) is 4.39 Å². The number of aromatic nitrogens is 4. The van der Waals surface area contributed by atoms with E-state index in [4.69, 9.17) is 0 Å². The van der Waals surface area contributed by atoms with Crippen molar-refractivity contribution in [1.29, 1.82) is 0 Å². The Labute approximate surface area is 139 Å². The molecule has 0 bridgehead atoms. The number of fused-ring (bicyclic) bond motifs is 1. The van der Waals surface area contributed by atoms with Crippen molar-refractivity contribution in [2.75, 3.05) is 0 Å². The molecule has 0 aliphatic carbocycles. The van der Waals surface area contributed by atoms with Crippen LogP contribution in [0.4, 0.5) is 4.39 Å². The van der Waals surface area contributed by atoms with Crippen LogP contribution in [0.1, 0.15) is 0 Å². The van der Waals surface area contributed by atoms with E-state index in [-0.39, 0.29) is 5.39 Å². The lowest BCUT2D eigenvalue weighted by molar-refractivity contribution is 0.574. The Morgan fingerprint density at radius 1 is 0.870 bits per heavy atom. The second kappa shape index (κ2) is 5.55. The van der Waals surface area contributed by atoms with Crippen molar-refractivity contribution in [3.63, 3.8) is 0 Å². The van der Waals surface area contributed by atoms with Crippen molar-refractivity contribution in [2.45, 2.75) is 0 Å². The minimum Gasteiger partial charge on any atom is -0.220 e. The van der Waals surface area contributed by atoms with Gasteiger partial charge in [0.05, 0.1) is 5.69 Å². The van der Waals surface area contributed by atoms with E-state index in [0.29, 0.717) is 16.1 Å². The van der Waals surface area contributed by atoms with Crippen molar-refractivity contribution in [3.8, 4) is 17.1 Å². The monoisotopic (exact) mass is 368 g/mol. The van der Waals surface area contributed by atoms with Gasteiger partial charge in [-0.2, -0.15) is 4.39 Å². The molecule has 2 aromatic heterocycles. The van der Waals surface area contributed by atoms with Crippen LogP contribution in [0.2, 0.25) is 0 Å². The normalized spacial score (nSPS) is 11.0.